The maximum absolute atomic E-state index is 13.5. The number of aromatic nitrogens is 4. The highest BCUT2D eigenvalue weighted by molar-refractivity contribution is 6.08. The summed E-state index contributed by atoms with van der Waals surface area (Å²) in [7, 11) is 0. The predicted molar refractivity (Wildman–Crippen MR) is 146 cm³/mol. The molecule has 1 aliphatic rings. The number of phenols is 1. The lowest BCUT2D eigenvalue weighted by molar-refractivity contribution is -0.139. The molecule has 1 aliphatic heterocycles. The smallest absolute Gasteiger partial charge is 0.336 e. The second-order valence-electron chi connectivity index (χ2n) is 9.15. The Bertz CT molecular complexity index is 1380. The minimum absolute atomic E-state index is 0. The van der Waals surface area contributed by atoms with Crippen LogP contribution in [0.1, 0.15) is 49.8 Å². The van der Waals surface area contributed by atoms with E-state index < -0.39 is 17.8 Å². The third-order valence-corrected chi connectivity index (χ3v) is 6.51. The van der Waals surface area contributed by atoms with Gasteiger partial charge in [-0.25, -0.2) is 9.78 Å². The molecule has 206 valence electrons. The third-order valence-electron chi connectivity index (χ3n) is 6.51. The molecule has 4 rings (SSSR count). The summed E-state index contributed by atoms with van der Waals surface area (Å²) in [5.41, 5.74) is 2.14. The highest BCUT2D eigenvalue weighted by atomic mass is 16.5. The molecule has 1 aromatic carbocycles. The molecule has 1 amide bonds. The zero-order valence-electron chi connectivity index (χ0n) is 22.5. The number of carbonyl (C=O) groups excluding carboxylic acids is 2. The van der Waals surface area contributed by atoms with E-state index in [9.17, 15) is 14.7 Å². The lowest BCUT2D eigenvalue weighted by Gasteiger charge is -2.31. The Kier molecular flexibility index (Phi) is 9.56. The zero-order valence-corrected chi connectivity index (χ0v) is 22.5. The largest absolute Gasteiger partial charge is 0.508 e. The van der Waals surface area contributed by atoms with E-state index in [1.165, 1.54) is 6.07 Å². The summed E-state index contributed by atoms with van der Waals surface area (Å²) in [6.45, 7) is 8.27. The van der Waals surface area contributed by atoms with Gasteiger partial charge in [0.25, 0.3) is 5.91 Å². The first-order valence-electron chi connectivity index (χ1n) is 12.5. The monoisotopic (exact) mass is 534 g/mol. The minimum atomic E-state index is -0.837. The molecule has 3 heterocycles. The first kappa shape index (κ1) is 29.1. The van der Waals surface area contributed by atoms with E-state index in [2.05, 4.69) is 25.8 Å². The highest BCUT2D eigenvalue weighted by Gasteiger charge is 2.38. The van der Waals surface area contributed by atoms with Crippen LogP contribution in [0.15, 0.2) is 71.2 Å². The molecule has 11 nitrogen and oxygen atoms in total. The van der Waals surface area contributed by atoms with Crippen LogP contribution in [0.3, 0.4) is 0 Å². The average molecular weight is 535 g/mol. The van der Waals surface area contributed by atoms with Crippen LogP contribution in [0.5, 0.6) is 5.75 Å². The molecule has 0 saturated heterocycles. The Balaban J connectivity index is 0.00000420. The van der Waals surface area contributed by atoms with Gasteiger partial charge in [0.05, 0.1) is 18.1 Å². The fourth-order valence-corrected chi connectivity index (χ4v) is 4.65. The number of pyridine rings is 1. The fourth-order valence-electron chi connectivity index (χ4n) is 4.65. The van der Waals surface area contributed by atoms with Crippen LogP contribution in [0.2, 0.25) is 0 Å². The molecule has 11 heteroatoms. The summed E-state index contributed by atoms with van der Waals surface area (Å²) >= 11 is 0. The van der Waals surface area contributed by atoms with Crippen LogP contribution in [0.4, 0.5) is 5.82 Å². The third kappa shape index (κ3) is 6.50. The summed E-state index contributed by atoms with van der Waals surface area (Å²) < 4.78 is 7.70. The number of nitrogens with one attached hydrogen (secondary N) is 2. The summed E-state index contributed by atoms with van der Waals surface area (Å²) in [4.78, 5) is 31.1. The Morgan fingerprint density at radius 2 is 1.64 bits per heavy atom. The molecule has 5 N–H and O–H groups in total. The first-order chi connectivity index (χ1) is 18.3. The van der Waals surface area contributed by atoms with Crippen molar-refractivity contribution in [2.45, 2.75) is 53.0 Å². The number of anilines is 1. The molecule has 3 aromatic rings. The van der Waals surface area contributed by atoms with Crippen molar-refractivity contribution in [1.29, 1.82) is 0 Å². The van der Waals surface area contributed by atoms with E-state index in [1.807, 2.05) is 18.4 Å². The topological polar surface area (TPSA) is 163 Å². The van der Waals surface area contributed by atoms with Gasteiger partial charge in [-0.2, -0.15) is 0 Å². The van der Waals surface area contributed by atoms with Crippen molar-refractivity contribution in [3.63, 3.8) is 0 Å². The van der Waals surface area contributed by atoms with Gasteiger partial charge >= 0.3 is 5.97 Å². The Hall–Kier alpha value is -4.51. The van der Waals surface area contributed by atoms with Gasteiger partial charge in [-0.1, -0.05) is 24.3 Å². The SMILES string of the molecule is CC1=C(C(=O)Nc2ccccn2)C(c2ccccc2O)C(C(=O)OCCCCn2c(C)nnc2C)=C(C)N1.O. The minimum Gasteiger partial charge on any atom is -0.508 e. The van der Waals surface area contributed by atoms with Crippen LogP contribution >= 0.6 is 0 Å². The van der Waals surface area contributed by atoms with Crippen LogP contribution in [0, 0.1) is 13.8 Å². The van der Waals surface area contributed by atoms with Crippen LogP contribution < -0.4 is 10.6 Å². The number of carbonyl (C=O) groups is 2. The number of ether oxygens (including phenoxy) is 1. The summed E-state index contributed by atoms with van der Waals surface area (Å²) in [5, 5.41) is 24.8. The summed E-state index contributed by atoms with van der Waals surface area (Å²) in [6, 6.07) is 11.9. The second-order valence-corrected chi connectivity index (χ2v) is 9.15. The second kappa shape index (κ2) is 12.8. The maximum atomic E-state index is 13.5. The van der Waals surface area contributed by atoms with E-state index in [0.29, 0.717) is 34.8 Å². The van der Waals surface area contributed by atoms with Crippen LogP contribution in [0.25, 0.3) is 0 Å². The van der Waals surface area contributed by atoms with Gasteiger partial charge in [-0.3, -0.25) is 4.79 Å². The molecule has 0 aliphatic carbocycles. The molecular formula is C28H34N6O5. The average Bonchev–Trinajstić information content (AvgIpc) is 3.21. The summed E-state index contributed by atoms with van der Waals surface area (Å²) in [6.07, 6.45) is 3.00. The number of benzene rings is 1. The quantitative estimate of drug-likeness (QED) is 0.279. The van der Waals surface area contributed by atoms with Gasteiger partial charge in [-0.05, 0) is 58.7 Å². The number of nitrogens with zero attached hydrogens (tertiary/aromatic N) is 4. The number of esters is 1. The number of rotatable bonds is 9. The van der Waals surface area contributed by atoms with Gasteiger partial charge in [0.2, 0.25) is 0 Å². The molecular weight excluding hydrogens is 500 g/mol. The van der Waals surface area contributed by atoms with Crippen molar-refractivity contribution in [3.05, 3.63) is 88.4 Å². The number of hydrogen-bond donors (Lipinski definition) is 3. The molecule has 2 aromatic heterocycles. The Labute approximate surface area is 226 Å². The highest BCUT2D eigenvalue weighted by Crippen LogP contribution is 2.42. The number of para-hydroxylation sites is 1. The van der Waals surface area contributed by atoms with E-state index in [-0.39, 0.29) is 23.4 Å². The Morgan fingerprint density at radius 3 is 2.31 bits per heavy atom. The van der Waals surface area contributed by atoms with Crippen molar-refractivity contribution < 1.29 is 24.9 Å². The number of hydrogen-bond acceptors (Lipinski definition) is 8. The first-order valence-corrected chi connectivity index (χ1v) is 12.5. The van der Waals surface area contributed by atoms with Crippen molar-refractivity contribution >= 4 is 17.7 Å². The van der Waals surface area contributed by atoms with Crippen molar-refractivity contribution in [2.24, 2.45) is 0 Å². The molecule has 0 radical (unpaired) electrons. The van der Waals surface area contributed by atoms with E-state index >= 15 is 0 Å². The molecule has 0 spiro atoms. The van der Waals surface area contributed by atoms with Crippen molar-refractivity contribution in [2.75, 3.05) is 11.9 Å². The standard InChI is InChI=1S/C28H32N6O4.H2O/c1-17-24(27(36)31-23-13-7-8-14-29-23)26(21-11-5-6-12-22(21)35)25(18(2)30-17)28(37)38-16-10-9-15-34-19(3)32-33-20(34)4;/h5-8,11-14,26,30,35H,9-10,15-16H2,1-4H3,(H,29,31,36);1H2. The molecule has 0 bridgehead atoms. The van der Waals surface area contributed by atoms with Crippen molar-refractivity contribution in [1.82, 2.24) is 25.1 Å². The summed E-state index contributed by atoms with van der Waals surface area (Å²) in [5.74, 6) is 0.234. The van der Waals surface area contributed by atoms with Gasteiger partial charge < -0.3 is 30.5 Å². The maximum Gasteiger partial charge on any atom is 0.336 e. The fraction of sp³-hybridized carbons (Fsp3) is 0.321. The lowest BCUT2D eigenvalue weighted by atomic mass is 9.79. The van der Waals surface area contributed by atoms with Gasteiger partial charge in [0.15, 0.2) is 0 Å². The molecule has 0 saturated carbocycles. The number of aryl methyl sites for hydroxylation is 2. The number of allylic oxidation sites excluding steroid dienone is 2. The number of amides is 1. The van der Waals surface area contributed by atoms with E-state index in [4.69, 9.17) is 4.74 Å². The number of phenolic OH excluding ortho intramolecular Hbond substituents is 1. The number of dihydropyridines is 1. The van der Waals surface area contributed by atoms with Gasteiger partial charge in [0.1, 0.15) is 23.2 Å². The van der Waals surface area contributed by atoms with Gasteiger partial charge in [0, 0.05) is 35.3 Å². The number of unbranched alkanes of at least 4 members (excludes halogenated alkanes) is 1. The molecule has 1 unspecified atom stereocenters. The van der Waals surface area contributed by atoms with Crippen LogP contribution in [-0.2, 0) is 20.9 Å². The normalized spacial score (nSPS) is 14.9. The van der Waals surface area contributed by atoms with E-state index in [0.717, 1.165) is 24.6 Å². The van der Waals surface area contributed by atoms with E-state index in [1.54, 1.807) is 56.4 Å². The zero-order chi connectivity index (χ0) is 27.2. The number of aromatic hydroxyl groups is 1. The van der Waals surface area contributed by atoms with Gasteiger partial charge in [-0.15, -0.1) is 10.2 Å². The Morgan fingerprint density at radius 1 is 0.974 bits per heavy atom. The molecule has 0 fully saturated rings. The van der Waals surface area contributed by atoms with Crippen molar-refractivity contribution in [3.8, 4) is 5.75 Å². The molecule has 1 atom stereocenters. The van der Waals surface area contributed by atoms with Crippen LogP contribution in [-0.4, -0.2) is 48.8 Å². The predicted octanol–water partition coefficient (Wildman–Crippen LogP) is 3.07. The lowest BCUT2D eigenvalue weighted by Crippen LogP contribution is -2.34. The molecule has 39 heavy (non-hydrogen) atoms.